The second kappa shape index (κ2) is 5.18. The average Bonchev–Trinajstić information content (AvgIpc) is 2.37. The molecule has 0 aliphatic carbocycles. The Labute approximate surface area is 116 Å². The van der Waals surface area contributed by atoms with Crippen LogP contribution in [0, 0.1) is 11.3 Å². The van der Waals surface area contributed by atoms with Gasteiger partial charge in [-0.05, 0) is 18.2 Å². The van der Waals surface area contributed by atoms with Crippen LogP contribution in [0.15, 0.2) is 34.0 Å². The molecular weight excluding hydrogens is 291 g/mol. The van der Waals surface area contributed by atoms with Gasteiger partial charge in [0.25, 0.3) is 5.56 Å². The molecule has 0 fully saturated rings. The van der Waals surface area contributed by atoms with E-state index in [9.17, 15) is 9.59 Å². The molecule has 8 heteroatoms. The van der Waals surface area contributed by atoms with Gasteiger partial charge in [0.05, 0.1) is 16.9 Å². The van der Waals surface area contributed by atoms with Crippen LogP contribution in [0.25, 0.3) is 0 Å². The molecule has 0 amide bonds. The van der Waals surface area contributed by atoms with Crippen molar-refractivity contribution in [3.05, 3.63) is 60.8 Å². The number of hydrogen-bond donors (Lipinski definition) is 2. The molecule has 0 aliphatic heterocycles. The van der Waals surface area contributed by atoms with Gasteiger partial charge in [0.2, 0.25) is 0 Å². The van der Waals surface area contributed by atoms with Gasteiger partial charge in [0, 0.05) is 5.02 Å². The van der Waals surface area contributed by atoms with Crippen molar-refractivity contribution < 1.29 is 0 Å². The van der Waals surface area contributed by atoms with Crippen LogP contribution in [0.5, 0.6) is 0 Å². The number of aromatic nitrogens is 2. The van der Waals surface area contributed by atoms with Crippen molar-refractivity contribution in [3.63, 3.8) is 0 Å². The molecular formula is C11H6Cl2N4O2. The Hall–Kier alpha value is -2.23. The summed E-state index contributed by atoms with van der Waals surface area (Å²) in [6.07, 6.45) is 1.08. The van der Waals surface area contributed by atoms with Crippen molar-refractivity contribution in [2.45, 2.75) is 0 Å². The Morgan fingerprint density at radius 1 is 1.32 bits per heavy atom. The number of anilines is 1. The van der Waals surface area contributed by atoms with Gasteiger partial charge in [-0.1, -0.05) is 23.2 Å². The summed E-state index contributed by atoms with van der Waals surface area (Å²) < 4.78 is 0.942. The van der Waals surface area contributed by atoms with E-state index in [1.54, 1.807) is 18.2 Å². The Morgan fingerprint density at radius 3 is 2.74 bits per heavy atom. The van der Waals surface area contributed by atoms with E-state index in [0.717, 1.165) is 10.9 Å². The molecule has 0 spiro atoms. The molecule has 0 aliphatic rings. The zero-order chi connectivity index (χ0) is 14.0. The van der Waals surface area contributed by atoms with Gasteiger partial charge in [0.1, 0.15) is 11.6 Å². The standard InChI is InChI=1S/C11H6Cl2N4O2/c12-7-1-2-8(13)9(3-7)16-17-5-6(4-14)10(18)15-11(17)19/h1-3,5,16H,(H,15,18,19). The second-order valence-electron chi connectivity index (χ2n) is 3.52. The number of aromatic amines is 1. The van der Waals surface area contributed by atoms with Crippen LogP contribution >= 0.6 is 23.2 Å². The largest absolute Gasteiger partial charge is 0.347 e. The number of nitrogens with zero attached hydrogens (tertiary/aromatic N) is 2. The zero-order valence-electron chi connectivity index (χ0n) is 9.28. The lowest BCUT2D eigenvalue weighted by Crippen LogP contribution is -2.34. The summed E-state index contributed by atoms with van der Waals surface area (Å²) in [6, 6.07) is 6.32. The minimum Gasteiger partial charge on any atom is -0.289 e. The molecule has 2 N–H and O–H groups in total. The first kappa shape index (κ1) is 13.2. The molecule has 0 radical (unpaired) electrons. The summed E-state index contributed by atoms with van der Waals surface area (Å²) in [5.41, 5.74) is 1.34. The predicted octanol–water partition coefficient (Wildman–Crippen LogP) is 1.59. The van der Waals surface area contributed by atoms with Crippen molar-refractivity contribution in [3.8, 4) is 6.07 Å². The summed E-state index contributed by atoms with van der Waals surface area (Å²) >= 11 is 11.7. The topological polar surface area (TPSA) is 90.7 Å². The number of nitrogens with one attached hydrogen (secondary N) is 2. The number of H-pyrrole nitrogens is 1. The van der Waals surface area contributed by atoms with Gasteiger partial charge in [-0.25, -0.2) is 9.47 Å². The molecule has 0 bridgehead atoms. The fraction of sp³-hybridized carbons (Fsp3) is 0. The lowest BCUT2D eigenvalue weighted by Gasteiger charge is -2.10. The van der Waals surface area contributed by atoms with Gasteiger partial charge in [-0.3, -0.25) is 15.2 Å². The number of hydrogen-bond acceptors (Lipinski definition) is 4. The molecule has 0 unspecified atom stereocenters. The van der Waals surface area contributed by atoms with E-state index in [2.05, 4.69) is 5.43 Å². The Morgan fingerprint density at radius 2 is 2.05 bits per heavy atom. The van der Waals surface area contributed by atoms with E-state index in [1.807, 2.05) is 4.98 Å². The third-order valence-electron chi connectivity index (χ3n) is 2.23. The highest BCUT2D eigenvalue weighted by molar-refractivity contribution is 6.35. The summed E-state index contributed by atoms with van der Waals surface area (Å²) in [4.78, 5) is 24.8. The molecule has 1 heterocycles. The highest BCUT2D eigenvalue weighted by Crippen LogP contribution is 2.25. The van der Waals surface area contributed by atoms with Crippen LogP contribution in [-0.2, 0) is 0 Å². The fourth-order valence-corrected chi connectivity index (χ4v) is 1.68. The third-order valence-corrected chi connectivity index (χ3v) is 2.80. The number of benzene rings is 1. The van der Waals surface area contributed by atoms with Crippen LogP contribution < -0.4 is 16.7 Å². The lowest BCUT2D eigenvalue weighted by atomic mass is 10.3. The molecule has 19 heavy (non-hydrogen) atoms. The normalized spacial score (nSPS) is 9.95. The zero-order valence-corrected chi connectivity index (χ0v) is 10.8. The summed E-state index contributed by atoms with van der Waals surface area (Å²) in [5, 5.41) is 9.49. The first-order valence-electron chi connectivity index (χ1n) is 4.99. The van der Waals surface area contributed by atoms with Crippen LogP contribution in [0.2, 0.25) is 10.0 Å². The minimum atomic E-state index is -0.747. The van der Waals surface area contributed by atoms with Gasteiger partial charge < -0.3 is 0 Å². The average molecular weight is 297 g/mol. The Balaban J connectivity index is 2.50. The van der Waals surface area contributed by atoms with Crippen LogP contribution in [0.4, 0.5) is 5.69 Å². The first-order chi connectivity index (χ1) is 9.01. The van der Waals surface area contributed by atoms with E-state index < -0.39 is 11.2 Å². The van der Waals surface area contributed by atoms with E-state index in [1.165, 1.54) is 6.07 Å². The molecule has 6 nitrogen and oxygen atoms in total. The maximum absolute atomic E-state index is 11.6. The highest BCUT2D eigenvalue weighted by Gasteiger charge is 2.06. The summed E-state index contributed by atoms with van der Waals surface area (Å²) in [5.74, 6) is 0. The molecule has 1 aromatic heterocycles. The molecule has 96 valence electrons. The van der Waals surface area contributed by atoms with E-state index in [4.69, 9.17) is 28.5 Å². The predicted molar refractivity (Wildman–Crippen MR) is 71.5 cm³/mol. The maximum Gasteiger partial charge on any atom is 0.347 e. The van der Waals surface area contributed by atoms with E-state index in [-0.39, 0.29) is 5.56 Å². The molecule has 2 rings (SSSR count). The smallest absolute Gasteiger partial charge is 0.289 e. The second-order valence-corrected chi connectivity index (χ2v) is 4.36. The van der Waals surface area contributed by atoms with Crippen molar-refractivity contribution in [1.82, 2.24) is 9.66 Å². The first-order valence-corrected chi connectivity index (χ1v) is 5.75. The van der Waals surface area contributed by atoms with Crippen LogP contribution in [0.3, 0.4) is 0 Å². The van der Waals surface area contributed by atoms with Crippen molar-refractivity contribution in [1.29, 1.82) is 5.26 Å². The molecule has 0 atom stereocenters. The highest BCUT2D eigenvalue weighted by atomic mass is 35.5. The molecule has 0 saturated heterocycles. The van der Waals surface area contributed by atoms with Gasteiger partial charge in [-0.2, -0.15) is 5.26 Å². The number of rotatable bonds is 2. The molecule has 0 saturated carbocycles. The SMILES string of the molecule is N#Cc1cn(Nc2cc(Cl)ccc2Cl)c(=O)[nH]c1=O. The van der Waals surface area contributed by atoms with E-state index in [0.29, 0.717) is 15.7 Å². The summed E-state index contributed by atoms with van der Waals surface area (Å²) in [6.45, 7) is 0. The Kier molecular flexibility index (Phi) is 3.60. The monoisotopic (exact) mass is 296 g/mol. The van der Waals surface area contributed by atoms with Crippen molar-refractivity contribution in [2.75, 3.05) is 5.43 Å². The fourth-order valence-electron chi connectivity index (χ4n) is 1.35. The minimum absolute atomic E-state index is 0.203. The van der Waals surface area contributed by atoms with E-state index >= 15 is 0 Å². The van der Waals surface area contributed by atoms with Crippen LogP contribution in [0.1, 0.15) is 5.56 Å². The quantitative estimate of drug-likeness (QED) is 0.880. The molecule has 1 aromatic carbocycles. The lowest BCUT2D eigenvalue weighted by molar-refractivity contribution is 0.826. The van der Waals surface area contributed by atoms with Crippen molar-refractivity contribution >= 4 is 28.9 Å². The van der Waals surface area contributed by atoms with Gasteiger partial charge in [-0.15, -0.1) is 0 Å². The van der Waals surface area contributed by atoms with Gasteiger partial charge >= 0.3 is 5.69 Å². The third kappa shape index (κ3) is 2.78. The summed E-state index contributed by atoms with van der Waals surface area (Å²) in [7, 11) is 0. The van der Waals surface area contributed by atoms with Gasteiger partial charge in [0.15, 0.2) is 0 Å². The maximum atomic E-state index is 11.6. The van der Waals surface area contributed by atoms with Crippen LogP contribution in [-0.4, -0.2) is 9.66 Å². The Bertz CT molecular complexity index is 789. The molecule has 2 aromatic rings. The number of halogens is 2. The van der Waals surface area contributed by atoms with Crippen molar-refractivity contribution in [2.24, 2.45) is 0 Å². The number of nitriles is 1.